The van der Waals surface area contributed by atoms with Crippen LogP contribution in [0.15, 0.2) is 52.6 Å². The van der Waals surface area contributed by atoms with Crippen molar-refractivity contribution in [2.45, 2.75) is 33.0 Å². The Morgan fingerprint density at radius 1 is 1.09 bits per heavy atom. The van der Waals surface area contributed by atoms with Crippen LogP contribution in [0.4, 0.5) is 0 Å². The Hall–Kier alpha value is -2.63. The van der Waals surface area contributed by atoms with Crippen molar-refractivity contribution in [2.75, 3.05) is 0 Å². The van der Waals surface area contributed by atoms with Gasteiger partial charge in [0.2, 0.25) is 0 Å². The molecule has 0 aliphatic heterocycles. The Morgan fingerprint density at radius 3 is 2.64 bits per heavy atom. The van der Waals surface area contributed by atoms with E-state index in [2.05, 4.69) is 4.98 Å². The zero-order valence-electron chi connectivity index (χ0n) is 12.5. The van der Waals surface area contributed by atoms with Crippen molar-refractivity contribution in [3.63, 3.8) is 0 Å². The van der Waals surface area contributed by atoms with Crippen molar-refractivity contribution >= 4 is 10.9 Å². The van der Waals surface area contributed by atoms with Gasteiger partial charge in [0.1, 0.15) is 0 Å². The first kappa shape index (κ1) is 14.3. The van der Waals surface area contributed by atoms with Gasteiger partial charge in [-0.1, -0.05) is 12.1 Å². The molecule has 0 radical (unpaired) electrons. The highest BCUT2D eigenvalue weighted by atomic mass is 16.2. The van der Waals surface area contributed by atoms with Gasteiger partial charge in [-0.15, -0.1) is 0 Å². The first-order valence-corrected chi connectivity index (χ1v) is 7.40. The van der Waals surface area contributed by atoms with Crippen LogP contribution in [0.1, 0.15) is 13.3 Å². The van der Waals surface area contributed by atoms with Crippen LogP contribution in [0.5, 0.6) is 0 Å². The molecule has 22 heavy (non-hydrogen) atoms. The molecule has 0 saturated heterocycles. The minimum atomic E-state index is -0.239. The number of aryl methyl sites for hydroxylation is 2. The third-order valence-electron chi connectivity index (χ3n) is 3.81. The highest BCUT2D eigenvalue weighted by Gasteiger charge is 2.11. The lowest BCUT2D eigenvalue weighted by molar-refractivity contribution is 0.519. The lowest BCUT2D eigenvalue weighted by Gasteiger charge is -2.12. The molecule has 0 aliphatic rings. The van der Waals surface area contributed by atoms with E-state index in [9.17, 15) is 9.59 Å². The van der Waals surface area contributed by atoms with Crippen LogP contribution in [0.2, 0.25) is 0 Å². The fourth-order valence-corrected chi connectivity index (χ4v) is 2.70. The van der Waals surface area contributed by atoms with Crippen LogP contribution in [-0.4, -0.2) is 18.7 Å². The smallest absolute Gasteiger partial charge is 0.331 e. The Bertz CT molecular complexity index is 891. The number of hydrogen-bond acceptors (Lipinski definition) is 3. The predicted octanol–water partition coefficient (Wildman–Crippen LogP) is 1.47. The fourth-order valence-electron chi connectivity index (χ4n) is 2.70. The van der Waals surface area contributed by atoms with Gasteiger partial charge in [-0.2, -0.15) is 0 Å². The van der Waals surface area contributed by atoms with Crippen molar-refractivity contribution in [1.82, 2.24) is 18.7 Å². The molecule has 0 amide bonds. The Balaban J connectivity index is 1.98. The molecule has 0 fully saturated rings. The minimum absolute atomic E-state index is 0.212. The van der Waals surface area contributed by atoms with Gasteiger partial charge in [0.25, 0.3) is 5.56 Å². The number of imidazole rings is 1. The van der Waals surface area contributed by atoms with Gasteiger partial charge in [-0.3, -0.25) is 13.9 Å². The maximum Gasteiger partial charge on any atom is 0.331 e. The zero-order valence-corrected chi connectivity index (χ0v) is 12.5. The summed E-state index contributed by atoms with van der Waals surface area (Å²) >= 11 is 0. The summed E-state index contributed by atoms with van der Waals surface area (Å²) in [5, 5.41) is 0.589. The fraction of sp³-hybridized carbons (Fsp3) is 0.312. The van der Waals surface area contributed by atoms with Crippen LogP contribution in [0, 0.1) is 0 Å². The van der Waals surface area contributed by atoms with Crippen molar-refractivity contribution in [2.24, 2.45) is 0 Å². The molecule has 6 nitrogen and oxygen atoms in total. The molecule has 114 valence electrons. The summed E-state index contributed by atoms with van der Waals surface area (Å²) in [7, 11) is 0. The molecule has 0 aliphatic carbocycles. The number of hydrogen-bond donors (Lipinski definition) is 0. The van der Waals surface area contributed by atoms with E-state index in [0.717, 1.165) is 6.54 Å². The average molecular weight is 298 g/mol. The van der Waals surface area contributed by atoms with E-state index < -0.39 is 0 Å². The molecule has 0 N–H and O–H groups in total. The zero-order chi connectivity index (χ0) is 15.5. The Morgan fingerprint density at radius 2 is 1.91 bits per heavy atom. The van der Waals surface area contributed by atoms with Crippen molar-refractivity contribution in [3.05, 3.63) is 63.8 Å². The summed E-state index contributed by atoms with van der Waals surface area (Å²) in [4.78, 5) is 29.1. The monoisotopic (exact) mass is 298 g/mol. The average Bonchev–Trinajstić information content (AvgIpc) is 3.04. The normalized spacial score (nSPS) is 11.1. The first-order valence-electron chi connectivity index (χ1n) is 7.40. The summed E-state index contributed by atoms with van der Waals surface area (Å²) < 4.78 is 4.92. The molecular formula is C16H18N4O2. The van der Waals surface area contributed by atoms with E-state index in [1.54, 1.807) is 23.2 Å². The van der Waals surface area contributed by atoms with Crippen molar-refractivity contribution in [3.8, 4) is 0 Å². The summed E-state index contributed by atoms with van der Waals surface area (Å²) in [6.07, 6.45) is 6.01. The number of rotatable bonds is 5. The Kier molecular flexibility index (Phi) is 3.91. The van der Waals surface area contributed by atoms with Gasteiger partial charge >= 0.3 is 5.69 Å². The molecule has 6 heteroatoms. The maximum atomic E-state index is 12.5. The summed E-state index contributed by atoms with van der Waals surface area (Å²) in [5.74, 6) is 0. The summed E-state index contributed by atoms with van der Waals surface area (Å²) in [5.41, 5.74) is 0.249. The van der Waals surface area contributed by atoms with Crippen LogP contribution in [0.3, 0.4) is 0 Å². The highest BCUT2D eigenvalue weighted by molar-refractivity contribution is 5.77. The molecule has 3 aromatic rings. The number of nitrogens with zero attached hydrogens (tertiary/aromatic N) is 4. The second-order valence-electron chi connectivity index (χ2n) is 5.15. The van der Waals surface area contributed by atoms with Gasteiger partial charge in [0.15, 0.2) is 0 Å². The second kappa shape index (κ2) is 6.01. The third kappa shape index (κ3) is 2.47. The van der Waals surface area contributed by atoms with E-state index in [0.29, 0.717) is 30.4 Å². The van der Waals surface area contributed by atoms with E-state index in [4.69, 9.17) is 0 Å². The third-order valence-corrected chi connectivity index (χ3v) is 3.81. The molecule has 2 heterocycles. The molecule has 2 aromatic heterocycles. The predicted molar refractivity (Wildman–Crippen MR) is 85.0 cm³/mol. The quantitative estimate of drug-likeness (QED) is 0.716. The highest BCUT2D eigenvalue weighted by Crippen LogP contribution is 2.07. The molecule has 0 bridgehead atoms. The number of fused-ring (bicyclic) bond motifs is 1. The van der Waals surface area contributed by atoms with E-state index in [-0.39, 0.29) is 11.2 Å². The lowest BCUT2D eigenvalue weighted by Crippen LogP contribution is -2.40. The van der Waals surface area contributed by atoms with Gasteiger partial charge in [0, 0.05) is 32.0 Å². The minimum Gasteiger partial charge on any atom is -0.337 e. The molecule has 0 unspecified atom stereocenters. The largest absolute Gasteiger partial charge is 0.337 e. The van der Waals surface area contributed by atoms with Gasteiger partial charge in [0.05, 0.1) is 17.2 Å². The summed E-state index contributed by atoms with van der Waals surface area (Å²) in [6, 6.07) is 7.26. The van der Waals surface area contributed by atoms with Crippen LogP contribution in [-0.2, 0) is 19.6 Å². The van der Waals surface area contributed by atoms with E-state index in [1.807, 2.05) is 35.9 Å². The number of aromatic nitrogens is 4. The molecule has 0 saturated carbocycles. The number of para-hydroxylation sites is 1. The Labute approximate surface area is 127 Å². The van der Waals surface area contributed by atoms with Crippen molar-refractivity contribution in [1.29, 1.82) is 0 Å². The summed E-state index contributed by atoms with van der Waals surface area (Å²) in [6.45, 7) is 3.58. The molecule has 1 aromatic carbocycles. The SMILES string of the molecule is CCn1c(=O)n(CCCn2ccnc2)c(=O)c2ccccc21. The standard InChI is InChI=1S/C16H18N4O2/c1-2-19-14-7-4-3-6-13(14)15(21)20(16(19)22)10-5-9-18-11-8-17-12-18/h3-4,6-8,11-12H,2,5,9-10H2,1H3. The van der Waals surface area contributed by atoms with Gasteiger partial charge < -0.3 is 4.57 Å². The van der Waals surface area contributed by atoms with Crippen LogP contribution in [0.25, 0.3) is 10.9 Å². The molecular weight excluding hydrogens is 280 g/mol. The van der Waals surface area contributed by atoms with Crippen LogP contribution < -0.4 is 11.2 Å². The topological polar surface area (TPSA) is 61.8 Å². The van der Waals surface area contributed by atoms with Crippen molar-refractivity contribution < 1.29 is 0 Å². The maximum absolute atomic E-state index is 12.5. The van der Waals surface area contributed by atoms with Gasteiger partial charge in [-0.25, -0.2) is 9.78 Å². The van der Waals surface area contributed by atoms with E-state index >= 15 is 0 Å². The molecule has 3 rings (SSSR count). The van der Waals surface area contributed by atoms with Crippen LogP contribution >= 0.6 is 0 Å². The lowest BCUT2D eigenvalue weighted by atomic mass is 10.2. The molecule has 0 spiro atoms. The number of benzene rings is 1. The first-order chi connectivity index (χ1) is 10.7. The van der Waals surface area contributed by atoms with Gasteiger partial charge in [-0.05, 0) is 25.5 Å². The molecule has 0 atom stereocenters. The second-order valence-corrected chi connectivity index (χ2v) is 5.15. The van der Waals surface area contributed by atoms with E-state index in [1.165, 1.54) is 4.57 Å².